The van der Waals surface area contributed by atoms with Gasteiger partial charge < -0.3 is 5.11 Å². The first kappa shape index (κ1) is 14.8. The fourth-order valence-corrected chi connectivity index (χ4v) is 3.85. The van der Waals surface area contributed by atoms with Gasteiger partial charge in [0, 0.05) is 10.6 Å². The van der Waals surface area contributed by atoms with Crippen LogP contribution < -0.4 is 0 Å². The topological polar surface area (TPSA) is 54.6 Å². The number of aromatic nitrogens is 2. The van der Waals surface area contributed by atoms with E-state index < -0.39 is 5.97 Å². The van der Waals surface area contributed by atoms with E-state index >= 15 is 0 Å². The number of thiazole rings is 1. The Morgan fingerprint density at radius 1 is 1.23 bits per heavy atom. The van der Waals surface area contributed by atoms with Crippen LogP contribution in [0.5, 0.6) is 0 Å². The summed E-state index contributed by atoms with van der Waals surface area (Å²) in [5.74, 6) is -0.816. The van der Waals surface area contributed by atoms with Crippen molar-refractivity contribution in [2.75, 3.05) is 0 Å². The van der Waals surface area contributed by atoms with Crippen LogP contribution in [0.3, 0.4) is 0 Å². The molecule has 0 atom stereocenters. The highest BCUT2D eigenvalue weighted by Crippen LogP contribution is 2.34. The van der Waals surface area contributed by atoms with E-state index in [-0.39, 0.29) is 6.42 Å². The maximum Gasteiger partial charge on any atom is 0.308 e. The van der Waals surface area contributed by atoms with Crippen LogP contribution in [0.4, 0.5) is 0 Å². The minimum Gasteiger partial charge on any atom is -0.481 e. The Labute approximate surface area is 133 Å². The molecule has 22 heavy (non-hydrogen) atoms. The summed E-state index contributed by atoms with van der Waals surface area (Å²) in [6, 6.07) is 6.26. The van der Waals surface area contributed by atoms with Crippen LogP contribution in [0.2, 0.25) is 0 Å². The highest BCUT2D eigenvalue weighted by atomic mass is 32.1. The van der Waals surface area contributed by atoms with E-state index in [1.807, 2.05) is 13.8 Å². The molecule has 3 aromatic rings. The van der Waals surface area contributed by atoms with Crippen LogP contribution in [0.25, 0.3) is 16.2 Å². The van der Waals surface area contributed by atoms with Crippen molar-refractivity contribution in [1.82, 2.24) is 9.38 Å². The van der Waals surface area contributed by atoms with Crippen molar-refractivity contribution in [1.29, 1.82) is 0 Å². The molecule has 0 aliphatic rings. The summed E-state index contributed by atoms with van der Waals surface area (Å²) in [6.45, 7) is 8.16. The SMILES string of the molecule is Cc1ccc(-c2c(CC(=O)O)sc3nc(C)c(C)n23)cc1C. The standard InChI is InChI=1S/C17H18N2O2S/c1-9-5-6-13(7-10(9)2)16-14(8-15(20)21)22-17-18-11(3)12(4)19(16)17/h5-7H,8H2,1-4H3,(H,20,21). The highest BCUT2D eigenvalue weighted by molar-refractivity contribution is 7.17. The lowest BCUT2D eigenvalue weighted by molar-refractivity contribution is -0.136. The van der Waals surface area contributed by atoms with Gasteiger partial charge in [-0.25, -0.2) is 4.98 Å². The van der Waals surface area contributed by atoms with Gasteiger partial charge in [0.15, 0.2) is 4.96 Å². The molecule has 0 saturated carbocycles. The zero-order valence-electron chi connectivity index (χ0n) is 13.1. The summed E-state index contributed by atoms with van der Waals surface area (Å²) >= 11 is 1.46. The van der Waals surface area contributed by atoms with Crippen molar-refractivity contribution in [3.63, 3.8) is 0 Å². The van der Waals surface area contributed by atoms with Gasteiger partial charge in [-0.2, -0.15) is 0 Å². The number of carbonyl (C=O) groups is 1. The molecule has 3 rings (SSSR count). The van der Waals surface area contributed by atoms with E-state index in [0.717, 1.165) is 32.5 Å². The Bertz CT molecular complexity index is 890. The summed E-state index contributed by atoms with van der Waals surface area (Å²) in [5.41, 5.74) is 6.49. The lowest BCUT2D eigenvalue weighted by Crippen LogP contribution is -2.01. The maximum absolute atomic E-state index is 11.2. The van der Waals surface area contributed by atoms with Crippen molar-refractivity contribution >= 4 is 22.3 Å². The summed E-state index contributed by atoms with van der Waals surface area (Å²) < 4.78 is 2.09. The number of hydrogen-bond acceptors (Lipinski definition) is 3. The van der Waals surface area contributed by atoms with Gasteiger partial charge in [-0.15, -0.1) is 11.3 Å². The first-order valence-electron chi connectivity index (χ1n) is 7.15. The fraction of sp³-hybridized carbons (Fsp3) is 0.294. The van der Waals surface area contributed by atoms with Gasteiger partial charge in [-0.3, -0.25) is 9.20 Å². The lowest BCUT2D eigenvalue weighted by Gasteiger charge is -2.08. The van der Waals surface area contributed by atoms with E-state index in [0.29, 0.717) is 0 Å². The molecule has 1 aromatic carbocycles. The first-order chi connectivity index (χ1) is 10.4. The van der Waals surface area contributed by atoms with E-state index in [1.54, 1.807) is 0 Å². The lowest BCUT2D eigenvalue weighted by atomic mass is 10.0. The maximum atomic E-state index is 11.2. The van der Waals surface area contributed by atoms with Crippen molar-refractivity contribution < 1.29 is 9.90 Å². The average Bonchev–Trinajstić information content (AvgIpc) is 2.90. The summed E-state index contributed by atoms with van der Waals surface area (Å²) in [5, 5.41) is 9.20. The van der Waals surface area contributed by atoms with Crippen molar-refractivity contribution in [3.05, 3.63) is 45.6 Å². The molecule has 0 fully saturated rings. The minimum atomic E-state index is -0.816. The number of aliphatic carboxylic acids is 1. The minimum absolute atomic E-state index is 0.0226. The van der Waals surface area contributed by atoms with Crippen LogP contribution in [0.1, 0.15) is 27.4 Å². The predicted octanol–water partition coefficient (Wildman–Crippen LogP) is 3.92. The Morgan fingerprint density at radius 2 is 1.95 bits per heavy atom. The van der Waals surface area contributed by atoms with Crippen LogP contribution >= 0.6 is 11.3 Å². The summed E-state index contributed by atoms with van der Waals surface area (Å²) in [4.78, 5) is 17.5. The average molecular weight is 314 g/mol. The van der Waals surface area contributed by atoms with E-state index in [9.17, 15) is 9.90 Å². The predicted molar refractivity (Wildman–Crippen MR) is 88.8 cm³/mol. The second-order valence-electron chi connectivity index (χ2n) is 5.64. The number of carboxylic acids is 1. The monoisotopic (exact) mass is 314 g/mol. The summed E-state index contributed by atoms with van der Waals surface area (Å²) in [7, 11) is 0. The molecule has 4 nitrogen and oxygen atoms in total. The van der Waals surface area contributed by atoms with Gasteiger partial charge in [0.1, 0.15) is 0 Å². The van der Waals surface area contributed by atoms with Crippen molar-refractivity contribution in [2.24, 2.45) is 0 Å². The Morgan fingerprint density at radius 3 is 2.59 bits per heavy atom. The van der Waals surface area contributed by atoms with Crippen LogP contribution in [-0.4, -0.2) is 20.5 Å². The molecule has 0 aliphatic carbocycles. The molecule has 2 aromatic heterocycles. The second kappa shape index (κ2) is 5.25. The molecule has 0 unspecified atom stereocenters. The molecular formula is C17H18N2O2S. The number of fused-ring (bicyclic) bond motifs is 1. The van der Waals surface area contributed by atoms with E-state index in [1.165, 1.54) is 22.5 Å². The Balaban J connectivity index is 2.32. The Kier molecular flexibility index (Phi) is 3.53. The van der Waals surface area contributed by atoms with Gasteiger partial charge in [-0.1, -0.05) is 12.1 Å². The molecule has 0 spiro atoms. The van der Waals surface area contributed by atoms with Gasteiger partial charge in [0.2, 0.25) is 0 Å². The van der Waals surface area contributed by atoms with Crippen molar-refractivity contribution in [3.8, 4) is 11.3 Å². The number of rotatable bonds is 3. The van der Waals surface area contributed by atoms with Gasteiger partial charge >= 0.3 is 5.97 Å². The Hall–Kier alpha value is -2.14. The third-order valence-corrected chi connectivity index (χ3v) is 5.15. The van der Waals surface area contributed by atoms with Crippen LogP contribution in [0, 0.1) is 27.7 Å². The number of benzene rings is 1. The molecule has 1 N–H and O–H groups in total. The van der Waals surface area contributed by atoms with Gasteiger partial charge in [0.25, 0.3) is 0 Å². The quantitative estimate of drug-likeness (QED) is 0.797. The summed E-state index contributed by atoms with van der Waals surface area (Å²) in [6.07, 6.45) is 0.0226. The molecule has 0 radical (unpaired) electrons. The molecule has 114 valence electrons. The second-order valence-corrected chi connectivity index (χ2v) is 6.71. The molecule has 2 heterocycles. The number of aryl methyl sites for hydroxylation is 4. The van der Waals surface area contributed by atoms with E-state index in [2.05, 4.69) is 41.4 Å². The van der Waals surface area contributed by atoms with E-state index in [4.69, 9.17) is 0 Å². The fourth-order valence-electron chi connectivity index (χ4n) is 2.63. The third-order valence-electron chi connectivity index (χ3n) is 4.11. The van der Waals surface area contributed by atoms with Gasteiger partial charge in [0.05, 0.1) is 17.8 Å². The molecule has 0 bridgehead atoms. The molecule has 0 amide bonds. The normalized spacial score (nSPS) is 11.3. The third kappa shape index (κ3) is 2.31. The zero-order valence-corrected chi connectivity index (χ0v) is 13.9. The van der Waals surface area contributed by atoms with Crippen LogP contribution in [-0.2, 0) is 11.2 Å². The highest BCUT2D eigenvalue weighted by Gasteiger charge is 2.20. The smallest absolute Gasteiger partial charge is 0.308 e. The molecule has 0 aliphatic heterocycles. The number of imidazole rings is 1. The van der Waals surface area contributed by atoms with Crippen molar-refractivity contribution in [2.45, 2.75) is 34.1 Å². The number of nitrogens with zero attached hydrogens (tertiary/aromatic N) is 2. The van der Waals surface area contributed by atoms with Crippen LogP contribution in [0.15, 0.2) is 18.2 Å². The number of hydrogen-bond donors (Lipinski definition) is 1. The molecule has 0 saturated heterocycles. The van der Waals surface area contributed by atoms with Gasteiger partial charge in [-0.05, 0) is 50.5 Å². The molecule has 5 heteroatoms. The largest absolute Gasteiger partial charge is 0.481 e. The zero-order chi connectivity index (χ0) is 16.0. The molecular weight excluding hydrogens is 296 g/mol. The first-order valence-corrected chi connectivity index (χ1v) is 7.97. The number of carboxylic acid groups (broad SMARTS) is 1.